The Morgan fingerprint density at radius 1 is 1.14 bits per heavy atom. The van der Waals surface area contributed by atoms with Crippen LogP contribution in [0.1, 0.15) is 49.6 Å². The number of aryl methyl sites for hydroxylation is 1. The number of nitrogens with zero attached hydrogens (tertiary/aromatic N) is 3. The standard InChI is InChI=1S/C23H27N3O3/c1-4-25-20(27)14-23(22(25)29,18-9-6-5-8-16(18)2)15-21(28)26-13-12-24-11-7-10-19(24)17(26)3/h5-11,17H,4,12-15H2,1-3H3. The predicted octanol–water partition coefficient (Wildman–Crippen LogP) is 2.81. The second-order valence-corrected chi connectivity index (χ2v) is 8.08. The molecule has 29 heavy (non-hydrogen) atoms. The van der Waals surface area contributed by atoms with Crippen molar-refractivity contribution in [3.8, 4) is 0 Å². The molecule has 2 aromatic rings. The summed E-state index contributed by atoms with van der Waals surface area (Å²) in [6.45, 7) is 7.42. The summed E-state index contributed by atoms with van der Waals surface area (Å²) in [6, 6.07) is 11.6. The smallest absolute Gasteiger partial charge is 0.240 e. The summed E-state index contributed by atoms with van der Waals surface area (Å²) in [5.74, 6) is -0.526. The highest BCUT2D eigenvalue weighted by Crippen LogP contribution is 2.42. The first-order valence-corrected chi connectivity index (χ1v) is 10.2. The molecule has 0 spiro atoms. The Balaban J connectivity index is 1.71. The molecule has 0 saturated carbocycles. The maximum absolute atomic E-state index is 13.5. The summed E-state index contributed by atoms with van der Waals surface area (Å²) in [5, 5.41) is 0. The molecule has 1 aromatic heterocycles. The van der Waals surface area contributed by atoms with E-state index in [0.717, 1.165) is 23.4 Å². The van der Waals surface area contributed by atoms with Gasteiger partial charge < -0.3 is 9.47 Å². The van der Waals surface area contributed by atoms with Gasteiger partial charge in [-0.05, 0) is 44.0 Å². The van der Waals surface area contributed by atoms with Crippen LogP contribution in [0.5, 0.6) is 0 Å². The first kappa shape index (κ1) is 19.4. The van der Waals surface area contributed by atoms with E-state index < -0.39 is 5.41 Å². The van der Waals surface area contributed by atoms with Crippen molar-refractivity contribution in [2.75, 3.05) is 13.1 Å². The highest BCUT2D eigenvalue weighted by atomic mass is 16.2. The van der Waals surface area contributed by atoms with Gasteiger partial charge in [0.05, 0.1) is 11.5 Å². The SMILES string of the molecule is CCN1C(=O)CC(CC(=O)N2CCn3cccc3C2C)(c2ccccc2C)C1=O. The van der Waals surface area contributed by atoms with Gasteiger partial charge in [-0.1, -0.05) is 24.3 Å². The number of amides is 3. The average Bonchev–Trinajstić information content (AvgIpc) is 3.26. The topological polar surface area (TPSA) is 62.6 Å². The van der Waals surface area contributed by atoms with Crippen molar-refractivity contribution >= 4 is 17.7 Å². The highest BCUT2D eigenvalue weighted by Gasteiger charge is 2.54. The van der Waals surface area contributed by atoms with Crippen LogP contribution < -0.4 is 0 Å². The second kappa shape index (κ2) is 7.17. The number of rotatable bonds is 4. The Kier molecular flexibility index (Phi) is 4.81. The summed E-state index contributed by atoms with van der Waals surface area (Å²) in [5.41, 5.74) is 1.70. The number of aromatic nitrogens is 1. The van der Waals surface area contributed by atoms with Gasteiger partial charge in [0.25, 0.3) is 0 Å². The van der Waals surface area contributed by atoms with Crippen molar-refractivity contribution in [1.82, 2.24) is 14.4 Å². The average molecular weight is 393 g/mol. The van der Waals surface area contributed by atoms with Gasteiger partial charge in [-0.25, -0.2) is 0 Å². The molecule has 152 valence electrons. The summed E-state index contributed by atoms with van der Waals surface area (Å²) < 4.78 is 2.16. The molecular weight excluding hydrogens is 366 g/mol. The van der Waals surface area contributed by atoms with Crippen molar-refractivity contribution < 1.29 is 14.4 Å². The number of fused-ring (bicyclic) bond motifs is 1. The van der Waals surface area contributed by atoms with Crippen LogP contribution in [0.4, 0.5) is 0 Å². The first-order valence-electron chi connectivity index (χ1n) is 10.2. The van der Waals surface area contributed by atoms with Crippen LogP contribution in [-0.2, 0) is 26.3 Å². The molecular formula is C23H27N3O3. The molecule has 0 aliphatic carbocycles. The summed E-state index contributed by atoms with van der Waals surface area (Å²) in [7, 11) is 0. The first-order chi connectivity index (χ1) is 13.9. The van der Waals surface area contributed by atoms with Gasteiger partial charge in [-0.15, -0.1) is 0 Å². The second-order valence-electron chi connectivity index (χ2n) is 8.08. The number of likely N-dealkylation sites (N-methyl/N-ethyl adjacent to an activating group) is 1. The Morgan fingerprint density at radius 2 is 1.90 bits per heavy atom. The van der Waals surface area contributed by atoms with E-state index in [-0.39, 0.29) is 36.6 Å². The highest BCUT2D eigenvalue weighted by molar-refractivity contribution is 6.10. The van der Waals surface area contributed by atoms with Crippen LogP contribution in [0.3, 0.4) is 0 Å². The Bertz CT molecular complexity index is 979. The van der Waals surface area contributed by atoms with Gasteiger partial charge in [0.2, 0.25) is 17.7 Å². The van der Waals surface area contributed by atoms with E-state index in [0.29, 0.717) is 13.1 Å². The zero-order chi connectivity index (χ0) is 20.8. The third-order valence-electron chi connectivity index (χ3n) is 6.50. The molecule has 0 N–H and O–H groups in total. The van der Waals surface area contributed by atoms with E-state index in [2.05, 4.69) is 4.57 Å². The number of carbonyl (C=O) groups excluding carboxylic acids is 3. The molecule has 1 aromatic carbocycles. The van der Waals surface area contributed by atoms with Gasteiger partial charge in [-0.2, -0.15) is 0 Å². The fourth-order valence-electron chi connectivity index (χ4n) is 4.95. The molecule has 2 unspecified atom stereocenters. The number of hydrogen-bond donors (Lipinski definition) is 0. The minimum absolute atomic E-state index is 0.0178. The van der Waals surface area contributed by atoms with Crippen molar-refractivity contribution in [2.24, 2.45) is 0 Å². The molecule has 2 aliphatic heterocycles. The van der Waals surface area contributed by atoms with Crippen LogP contribution in [0, 0.1) is 6.92 Å². The maximum Gasteiger partial charge on any atom is 0.240 e. The van der Waals surface area contributed by atoms with Crippen LogP contribution >= 0.6 is 0 Å². The molecule has 0 bridgehead atoms. The lowest BCUT2D eigenvalue weighted by atomic mass is 9.73. The maximum atomic E-state index is 13.5. The molecule has 4 rings (SSSR count). The monoisotopic (exact) mass is 393 g/mol. The molecule has 2 aliphatic rings. The molecule has 3 heterocycles. The van der Waals surface area contributed by atoms with E-state index >= 15 is 0 Å². The molecule has 6 heteroatoms. The normalized spacial score (nSPS) is 24.2. The number of likely N-dealkylation sites (tertiary alicyclic amines) is 1. The summed E-state index contributed by atoms with van der Waals surface area (Å²) in [6.07, 6.45) is 2.10. The fraction of sp³-hybridized carbons (Fsp3) is 0.435. The number of imide groups is 1. The van der Waals surface area contributed by atoms with Crippen molar-refractivity contribution in [3.05, 3.63) is 59.4 Å². The number of carbonyl (C=O) groups is 3. The van der Waals surface area contributed by atoms with Crippen molar-refractivity contribution in [2.45, 2.75) is 51.6 Å². The molecule has 3 amide bonds. The van der Waals surface area contributed by atoms with Gasteiger partial charge in [0.15, 0.2) is 0 Å². The predicted molar refractivity (Wildman–Crippen MR) is 109 cm³/mol. The lowest BCUT2D eigenvalue weighted by Crippen LogP contribution is -2.46. The molecule has 6 nitrogen and oxygen atoms in total. The van der Waals surface area contributed by atoms with Crippen LogP contribution in [-0.4, -0.2) is 45.2 Å². The molecule has 1 fully saturated rings. The van der Waals surface area contributed by atoms with Gasteiger partial charge in [0, 0.05) is 44.4 Å². The van der Waals surface area contributed by atoms with Crippen LogP contribution in [0.2, 0.25) is 0 Å². The minimum atomic E-state index is -1.12. The van der Waals surface area contributed by atoms with Gasteiger partial charge in [-0.3, -0.25) is 19.3 Å². The zero-order valence-corrected chi connectivity index (χ0v) is 17.2. The van der Waals surface area contributed by atoms with Crippen molar-refractivity contribution in [1.29, 1.82) is 0 Å². The fourth-order valence-corrected chi connectivity index (χ4v) is 4.95. The summed E-state index contributed by atoms with van der Waals surface area (Å²) >= 11 is 0. The van der Waals surface area contributed by atoms with E-state index in [1.807, 2.05) is 61.3 Å². The van der Waals surface area contributed by atoms with Crippen molar-refractivity contribution in [3.63, 3.8) is 0 Å². The van der Waals surface area contributed by atoms with E-state index in [1.165, 1.54) is 4.90 Å². The zero-order valence-electron chi connectivity index (χ0n) is 17.2. The Hall–Kier alpha value is -2.89. The van der Waals surface area contributed by atoms with Gasteiger partial charge >= 0.3 is 0 Å². The largest absolute Gasteiger partial charge is 0.348 e. The van der Waals surface area contributed by atoms with E-state index in [4.69, 9.17) is 0 Å². The summed E-state index contributed by atoms with van der Waals surface area (Å²) in [4.78, 5) is 42.7. The quantitative estimate of drug-likeness (QED) is 0.751. The lowest BCUT2D eigenvalue weighted by Gasteiger charge is -2.37. The Labute approximate surface area is 171 Å². The molecule has 1 saturated heterocycles. The number of benzene rings is 1. The third kappa shape index (κ3) is 2.98. The van der Waals surface area contributed by atoms with Crippen LogP contribution in [0.25, 0.3) is 0 Å². The number of hydrogen-bond acceptors (Lipinski definition) is 3. The molecule has 2 atom stereocenters. The molecule has 0 radical (unpaired) electrons. The van der Waals surface area contributed by atoms with Gasteiger partial charge in [0.1, 0.15) is 0 Å². The Morgan fingerprint density at radius 3 is 2.59 bits per heavy atom. The van der Waals surface area contributed by atoms with Crippen LogP contribution in [0.15, 0.2) is 42.6 Å². The van der Waals surface area contributed by atoms with E-state index in [1.54, 1.807) is 6.92 Å². The lowest BCUT2D eigenvalue weighted by molar-refractivity contribution is -0.143. The van der Waals surface area contributed by atoms with E-state index in [9.17, 15) is 14.4 Å². The third-order valence-corrected chi connectivity index (χ3v) is 6.50. The minimum Gasteiger partial charge on any atom is -0.348 e.